The molecule has 0 unspecified atom stereocenters. The molecule has 0 aliphatic heterocycles. The molecule has 0 spiro atoms. The average Bonchev–Trinajstić information content (AvgIpc) is 2.78. The van der Waals surface area contributed by atoms with E-state index in [1.54, 1.807) is 49.0 Å². The predicted octanol–water partition coefficient (Wildman–Crippen LogP) is 6.38. The Kier molecular flexibility index (Phi) is 8.93. The fraction of sp³-hybridized carbons (Fsp3) is 0.240. The number of thioether (sulfide) groups is 1. The SMILES string of the molecule is Cc1ccc(NS(=O)(=O)c2cc(C(=O)NCCSCc3ccc(Cl)c(Cl)c3)ccc2C)cc1C. The van der Waals surface area contributed by atoms with Gasteiger partial charge in [0.15, 0.2) is 0 Å². The van der Waals surface area contributed by atoms with Gasteiger partial charge in [-0.25, -0.2) is 8.42 Å². The van der Waals surface area contributed by atoms with Crippen LogP contribution in [0, 0.1) is 20.8 Å². The standard InChI is InChI=1S/C25H26Cl2N2O3S2/c1-16-5-8-21(12-18(16)3)29-34(31,32)24-14-20(7-4-17(24)2)25(30)28-10-11-33-15-19-6-9-22(26)23(27)13-19/h4-9,12-14,29H,10-11,15H2,1-3H3,(H,28,30). The lowest BCUT2D eigenvalue weighted by Crippen LogP contribution is -2.26. The van der Waals surface area contributed by atoms with Crippen molar-refractivity contribution in [2.45, 2.75) is 31.4 Å². The lowest BCUT2D eigenvalue weighted by Gasteiger charge is -2.13. The number of carbonyl (C=O) groups excluding carboxylic acids is 1. The number of nitrogens with one attached hydrogen (secondary N) is 2. The van der Waals surface area contributed by atoms with Crippen LogP contribution in [0.4, 0.5) is 5.69 Å². The number of anilines is 1. The Hall–Kier alpha value is -2.19. The molecular formula is C25H26Cl2N2O3S2. The van der Waals surface area contributed by atoms with Crippen LogP contribution in [0.1, 0.15) is 32.6 Å². The Bertz CT molecular complexity index is 1310. The van der Waals surface area contributed by atoms with E-state index in [1.165, 1.54) is 6.07 Å². The molecule has 1 amide bonds. The summed E-state index contributed by atoms with van der Waals surface area (Å²) in [5.74, 6) is 1.11. The number of amides is 1. The summed E-state index contributed by atoms with van der Waals surface area (Å²) in [6.45, 7) is 6.04. The van der Waals surface area contributed by atoms with Crippen LogP contribution in [-0.4, -0.2) is 26.6 Å². The molecular weight excluding hydrogens is 511 g/mol. The van der Waals surface area contributed by atoms with Crippen molar-refractivity contribution in [3.05, 3.63) is 92.5 Å². The van der Waals surface area contributed by atoms with E-state index < -0.39 is 10.0 Å². The third kappa shape index (κ3) is 6.92. The fourth-order valence-electron chi connectivity index (χ4n) is 3.20. The van der Waals surface area contributed by atoms with E-state index in [4.69, 9.17) is 23.2 Å². The zero-order chi connectivity index (χ0) is 24.9. The monoisotopic (exact) mass is 536 g/mol. The second-order valence-corrected chi connectivity index (χ2v) is 11.5. The quantitative estimate of drug-likeness (QED) is 0.311. The number of rotatable bonds is 9. The van der Waals surface area contributed by atoms with Crippen LogP contribution in [0.3, 0.4) is 0 Å². The van der Waals surface area contributed by atoms with Gasteiger partial charge in [-0.05, 0) is 79.4 Å². The minimum atomic E-state index is -3.85. The van der Waals surface area contributed by atoms with Gasteiger partial charge in [0.25, 0.3) is 15.9 Å². The van der Waals surface area contributed by atoms with Crippen molar-refractivity contribution < 1.29 is 13.2 Å². The van der Waals surface area contributed by atoms with Crippen molar-refractivity contribution in [2.75, 3.05) is 17.0 Å². The fourth-order valence-corrected chi connectivity index (χ4v) is 5.65. The molecule has 0 aliphatic rings. The molecule has 0 aliphatic carbocycles. The number of sulfonamides is 1. The Labute approximate surface area is 215 Å². The van der Waals surface area contributed by atoms with Crippen LogP contribution in [0.2, 0.25) is 10.0 Å². The van der Waals surface area contributed by atoms with Gasteiger partial charge in [-0.15, -0.1) is 0 Å². The highest BCUT2D eigenvalue weighted by Gasteiger charge is 2.19. The first kappa shape index (κ1) is 26.4. The van der Waals surface area contributed by atoms with Gasteiger partial charge >= 0.3 is 0 Å². The molecule has 180 valence electrons. The van der Waals surface area contributed by atoms with Crippen LogP contribution in [-0.2, 0) is 15.8 Å². The van der Waals surface area contributed by atoms with E-state index in [2.05, 4.69) is 10.0 Å². The van der Waals surface area contributed by atoms with E-state index in [0.717, 1.165) is 22.4 Å². The van der Waals surface area contributed by atoms with Crippen LogP contribution < -0.4 is 10.0 Å². The summed E-state index contributed by atoms with van der Waals surface area (Å²) >= 11 is 13.6. The predicted molar refractivity (Wildman–Crippen MR) is 143 cm³/mol. The van der Waals surface area contributed by atoms with Crippen LogP contribution >= 0.6 is 35.0 Å². The number of benzene rings is 3. The average molecular weight is 538 g/mol. The summed E-state index contributed by atoms with van der Waals surface area (Å²) in [5, 5.41) is 3.88. The maximum Gasteiger partial charge on any atom is 0.262 e. The molecule has 9 heteroatoms. The molecule has 0 radical (unpaired) electrons. The lowest BCUT2D eigenvalue weighted by molar-refractivity contribution is 0.0956. The second kappa shape index (κ2) is 11.5. The largest absolute Gasteiger partial charge is 0.351 e. The Morgan fingerprint density at radius 3 is 2.32 bits per heavy atom. The number of carbonyl (C=O) groups is 1. The molecule has 0 aromatic heterocycles. The maximum absolute atomic E-state index is 13.0. The molecule has 3 aromatic carbocycles. The van der Waals surface area contributed by atoms with Crippen molar-refractivity contribution in [3.63, 3.8) is 0 Å². The molecule has 5 nitrogen and oxygen atoms in total. The zero-order valence-corrected chi connectivity index (χ0v) is 22.3. The van der Waals surface area contributed by atoms with E-state index in [9.17, 15) is 13.2 Å². The topological polar surface area (TPSA) is 75.3 Å². The van der Waals surface area contributed by atoms with Crippen molar-refractivity contribution in [1.82, 2.24) is 5.32 Å². The van der Waals surface area contributed by atoms with Crippen LogP contribution in [0.5, 0.6) is 0 Å². The second-order valence-electron chi connectivity index (χ2n) is 7.94. The van der Waals surface area contributed by atoms with Crippen LogP contribution in [0.25, 0.3) is 0 Å². The first-order valence-electron chi connectivity index (χ1n) is 10.6. The molecule has 2 N–H and O–H groups in total. The third-order valence-corrected chi connectivity index (χ3v) is 8.58. The summed E-state index contributed by atoms with van der Waals surface area (Å²) in [4.78, 5) is 12.7. The highest BCUT2D eigenvalue weighted by molar-refractivity contribution is 7.98. The van der Waals surface area contributed by atoms with Gasteiger partial charge in [-0.3, -0.25) is 9.52 Å². The minimum absolute atomic E-state index is 0.0763. The van der Waals surface area contributed by atoms with Crippen molar-refractivity contribution in [3.8, 4) is 0 Å². The molecule has 34 heavy (non-hydrogen) atoms. The first-order chi connectivity index (χ1) is 16.1. The van der Waals surface area contributed by atoms with Gasteiger partial charge < -0.3 is 5.32 Å². The van der Waals surface area contributed by atoms with Gasteiger partial charge in [0.1, 0.15) is 0 Å². The highest BCUT2D eigenvalue weighted by atomic mass is 35.5. The summed E-state index contributed by atoms with van der Waals surface area (Å²) < 4.78 is 28.6. The lowest BCUT2D eigenvalue weighted by atomic mass is 10.1. The van der Waals surface area contributed by atoms with Crippen molar-refractivity contribution in [1.29, 1.82) is 0 Å². The van der Waals surface area contributed by atoms with Gasteiger partial charge in [-0.2, -0.15) is 11.8 Å². The van der Waals surface area contributed by atoms with E-state index in [0.29, 0.717) is 39.2 Å². The third-order valence-electron chi connectivity index (χ3n) is 5.28. The van der Waals surface area contributed by atoms with Gasteiger partial charge in [0.05, 0.1) is 14.9 Å². The zero-order valence-electron chi connectivity index (χ0n) is 19.1. The highest BCUT2D eigenvalue weighted by Crippen LogP contribution is 2.25. The Morgan fingerprint density at radius 1 is 0.882 bits per heavy atom. The summed E-state index contributed by atoms with van der Waals surface area (Å²) in [7, 11) is -3.85. The van der Waals surface area contributed by atoms with Crippen molar-refractivity contribution in [2.24, 2.45) is 0 Å². The maximum atomic E-state index is 13.0. The number of hydrogen-bond donors (Lipinski definition) is 2. The summed E-state index contributed by atoms with van der Waals surface area (Å²) in [6.07, 6.45) is 0. The normalized spacial score (nSPS) is 11.3. The van der Waals surface area contributed by atoms with Crippen LogP contribution in [0.15, 0.2) is 59.5 Å². The Morgan fingerprint density at radius 2 is 1.62 bits per heavy atom. The van der Waals surface area contributed by atoms with Gasteiger partial charge in [-0.1, -0.05) is 41.4 Å². The molecule has 0 saturated carbocycles. The molecule has 3 rings (SSSR count). The van der Waals surface area contributed by atoms with Gasteiger partial charge in [0, 0.05) is 29.3 Å². The van der Waals surface area contributed by atoms with Crippen molar-refractivity contribution >= 4 is 56.6 Å². The summed E-state index contributed by atoms with van der Waals surface area (Å²) in [5.41, 5.74) is 4.45. The molecule has 3 aromatic rings. The molecule has 0 bridgehead atoms. The Balaban J connectivity index is 1.60. The molecule has 0 atom stereocenters. The number of aryl methyl sites for hydroxylation is 3. The first-order valence-corrected chi connectivity index (χ1v) is 14.0. The minimum Gasteiger partial charge on any atom is -0.351 e. The summed E-state index contributed by atoms with van der Waals surface area (Å²) in [6, 6.07) is 15.6. The number of halogens is 2. The van der Waals surface area contributed by atoms with E-state index >= 15 is 0 Å². The van der Waals surface area contributed by atoms with Gasteiger partial charge in [0.2, 0.25) is 0 Å². The van der Waals surface area contributed by atoms with E-state index in [-0.39, 0.29) is 10.8 Å². The number of hydrogen-bond acceptors (Lipinski definition) is 4. The smallest absolute Gasteiger partial charge is 0.262 e. The molecule has 0 fully saturated rings. The molecule has 0 saturated heterocycles. The van der Waals surface area contributed by atoms with E-state index in [1.807, 2.05) is 32.0 Å². The molecule has 0 heterocycles.